The molecule has 0 aliphatic heterocycles. The highest BCUT2D eigenvalue weighted by molar-refractivity contribution is 5.48. The molecule has 3 heteroatoms. The van der Waals surface area contributed by atoms with Crippen LogP contribution in [0.1, 0.15) is 26.2 Å². The maximum absolute atomic E-state index is 13.3. The van der Waals surface area contributed by atoms with Gasteiger partial charge in [0, 0.05) is 6.54 Å². The monoisotopic (exact) mass is 222 g/mol. The molecule has 2 N–H and O–H groups in total. The van der Waals surface area contributed by atoms with Crippen LogP contribution in [0.15, 0.2) is 36.7 Å². The van der Waals surface area contributed by atoms with Crippen LogP contribution >= 0.6 is 0 Å². The smallest absolute Gasteiger partial charge is 0.146 e. The van der Waals surface area contributed by atoms with Gasteiger partial charge in [0.15, 0.2) is 0 Å². The summed E-state index contributed by atoms with van der Waals surface area (Å²) in [6.07, 6.45) is 3.49. The van der Waals surface area contributed by atoms with Crippen LogP contribution in [0.3, 0.4) is 0 Å². The number of anilines is 1. The fourth-order valence-corrected chi connectivity index (χ4v) is 1.38. The molecule has 0 atom stereocenters. The van der Waals surface area contributed by atoms with E-state index in [0.29, 0.717) is 11.5 Å². The average Bonchev–Trinajstić information content (AvgIpc) is 2.28. The zero-order valence-electron chi connectivity index (χ0n) is 9.72. The minimum Gasteiger partial charge on any atom is -0.372 e. The lowest BCUT2D eigenvalue weighted by Crippen LogP contribution is -2.20. The second kappa shape index (κ2) is 6.88. The van der Waals surface area contributed by atoms with Crippen LogP contribution in [-0.4, -0.2) is 6.54 Å². The van der Waals surface area contributed by atoms with Crippen molar-refractivity contribution in [1.82, 2.24) is 5.32 Å². The molecule has 0 spiro atoms. The Bertz CT molecular complexity index is 336. The highest BCUT2D eigenvalue weighted by Gasteiger charge is 2.00. The zero-order valence-corrected chi connectivity index (χ0v) is 9.72. The highest BCUT2D eigenvalue weighted by Crippen LogP contribution is 2.13. The normalized spacial score (nSPS) is 9.88. The summed E-state index contributed by atoms with van der Waals surface area (Å²) in [6, 6.07) is 6.56. The van der Waals surface area contributed by atoms with Crippen molar-refractivity contribution >= 4 is 5.69 Å². The van der Waals surface area contributed by atoms with Gasteiger partial charge in [-0.2, -0.15) is 0 Å². The number of nitrogens with one attached hydrogen (secondary N) is 2. The Labute approximate surface area is 96.6 Å². The zero-order chi connectivity index (χ0) is 11.8. The van der Waals surface area contributed by atoms with E-state index in [9.17, 15) is 4.39 Å². The van der Waals surface area contributed by atoms with Crippen molar-refractivity contribution in [3.8, 4) is 0 Å². The van der Waals surface area contributed by atoms with Gasteiger partial charge in [-0.3, -0.25) is 0 Å². The van der Waals surface area contributed by atoms with E-state index >= 15 is 0 Å². The summed E-state index contributed by atoms with van der Waals surface area (Å²) in [5, 5.41) is 6.03. The Kier molecular flexibility index (Phi) is 5.40. The molecule has 0 amide bonds. The Morgan fingerprint density at radius 3 is 2.75 bits per heavy atom. The maximum Gasteiger partial charge on any atom is 0.146 e. The maximum atomic E-state index is 13.3. The third-order valence-electron chi connectivity index (χ3n) is 2.28. The van der Waals surface area contributed by atoms with Crippen LogP contribution < -0.4 is 10.6 Å². The van der Waals surface area contributed by atoms with Gasteiger partial charge in [0.1, 0.15) is 5.82 Å². The fourth-order valence-electron chi connectivity index (χ4n) is 1.38. The van der Waals surface area contributed by atoms with Crippen molar-refractivity contribution in [1.29, 1.82) is 0 Å². The first-order valence-electron chi connectivity index (χ1n) is 5.68. The van der Waals surface area contributed by atoms with Gasteiger partial charge in [0.2, 0.25) is 0 Å². The second-order valence-corrected chi connectivity index (χ2v) is 3.72. The Balaban J connectivity index is 2.32. The van der Waals surface area contributed by atoms with Crippen molar-refractivity contribution in [2.24, 2.45) is 0 Å². The van der Waals surface area contributed by atoms with Gasteiger partial charge in [-0.1, -0.05) is 38.5 Å². The first-order valence-corrected chi connectivity index (χ1v) is 5.68. The molecule has 0 bridgehead atoms. The number of hydrogen-bond acceptors (Lipinski definition) is 2. The summed E-state index contributed by atoms with van der Waals surface area (Å²) in [5.41, 5.74) is 0.454. The summed E-state index contributed by atoms with van der Waals surface area (Å²) in [6.45, 7) is 6.83. The van der Waals surface area contributed by atoms with Gasteiger partial charge in [0.25, 0.3) is 0 Å². The predicted molar refractivity (Wildman–Crippen MR) is 66.7 cm³/mol. The molecule has 0 radical (unpaired) electrons. The number of unbranched alkanes of at least 4 members (excludes halogenated alkanes) is 2. The van der Waals surface area contributed by atoms with Crippen LogP contribution in [0.5, 0.6) is 0 Å². The molecular formula is C13H19FN2. The van der Waals surface area contributed by atoms with Crippen LogP contribution in [0.25, 0.3) is 0 Å². The Morgan fingerprint density at radius 2 is 2.06 bits per heavy atom. The van der Waals surface area contributed by atoms with Gasteiger partial charge in [-0.15, -0.1) is 0 Å². The number of halogens is 1. The molecule has 1 rings (SSSR count). The van der Waals surface area contributed by atoms with Crippen molar-refractivity contribution in [2.45, 2.75) is 26.2 Å². The van der Waals surface area contributed by atoms with Gasteiger partial charge in [0.05, 0.1) is 11.5 Å². The van der Waals surface area contributed by atoms with Crippen LogP contribution in [0, 0.1) is 5.82 Å². The number of rotatable bonds is 7. The molecule has 88 valence electrons. The lowest BCUT2D eigenvalue weighted by Gasteiger charge is -2.12. The number of benzene rings is 1. The highest BCUT2D eigenvalue weighted by atomic mass is 19.1. The molecule has 0 saturated carbocycles. The van der Waals surface area contributed by atoms with E-state index in [1.807, 2.05) is 0 Å². The molecule has 0 aromatic heterocycles. The van der Waals surface area contributed by atoms with Crippen LogP contribution in [-0.2, 0) is 0 Å². The van der Waals surface area contributed by atoms with E-state index in [4.69, 9.17) is 0 Å². The molecule has 0 fully saturated rings. The lowest BCUT2D eigenvalue weighted by molar-refractivity contribution is 0.629. The van der Waals surface area contributed by atoms with E-state index < -0.39 is 0 Å². The van der Waals surface area contributed by atoms with Crippen molar-refractivity contribution in [3.63, 3.8) is 0 Å². The quantitative estimate of drug-likeness (QED) is 0.690. The second-order valence-electron chi connectivity index (χ2n) is 3.72. The standard InChI is InChI=1S/C13H19FN2/c1-3-4-7-10-15-11(2)16-13-9-6-5-8-12(13)14/h5-6,8-9,15-16H,2-4,7,10H2,1H3. The largest absolute Gasteiger partial charge is 0.372 e. The Morgan fingerprint density at radius 1 is 1.31 bits per heavy atom. The third kappa shape index (κ3) is 4.34. The molecular weight excluding hydrogens is 203 g/mol. The molecule has 0 saturated heterocycles. The van der Waals surface area contributed by atoms with E-state index in [0.717, 1.165) is 13.0 Å². The van der Waals surface area contributed by atoms with E-state index in [1.54, 1.807) is 18.2 Å². The molecule has 0 aliphatic carbocycles. The van der Waals surface area contributed by atoms with E-state index in [2.05, 4.69) is 24.1 Å². The van der Waals surface area contributed by atoms with Crippen LogP contribution in [0.2, 0.25) is 0 Å². The predicted octanol–water partition coefficient (Wildman–Crippen LogP) is 3.49. The van der Waals surface area contributed by atoms with Gasteiger partial charge < -0.3 is 10.6 Å². The topological polar surface area (TPSA) is 24.1 Å². The number of hydrogen-bond donors (Lipinski definition) is 2. The molecule has 2 nitrogen and oxygen atoms in total. The molecule has 16 heavy (non-hydrogen) atoms. The van der Waals surface area contributed by atoms with Crippen molar-refractivity contribution in [2.75, 3.05) is 11.9 Å². The molecule has 1 aromatic rings. The van der Waals surface area contributed by atoms with Crippen molar-refractivity contribution in [3.05, 3.63) is 42.5 Å². The Hall–Kier alpha value is -1.51. The first kappa shape index (κ1) is 12.6. The SMILES string of the molecule is C=C(NCCCCC)Nc1ccccc1F. The molecule has 0 heterocycles. The number of para-hydroxylation sites is 1. The van der Waals surface area contributed by atoms with Gasteiger partial charge in [-0.25, -0.2) is 4.39 Å². The lowest BCUT2D eigenvalue weighted by atomic mass is 10.2. The molecule has 1 aromatic carbocycles. The van der Waals surface area contributed by atoms with E-state index in [-0.39, 0.29) is 5.82 Å². The third-order valence-corrected chi connectivity index (χ3v) is 2.28. The van der Waals surface area contributed by atoms with Gasteiger partial charge >= 0.3 is 0 Å². The summed E-state index contributed by atoms with van der Waals surface area (Å²) in [7, 11) is 0. The summed E-state index contributed by atoms with van der Waals surface area (Å²) in [4.78, 5) is 0. The first-order chi connectivity index (χ1) is 7.74. The molecule has 0 unspecified atom stereocenters. The van der Waals surface area contributed by atoms with Gasteiger partial charge in [-0.05, 0) is 18.6 Å². The van der Waals surface area contributed by atoms with E-state index in [1.165, 1.54) is 18.9 Å². The minimum absolute atomic E-state index is 0.265. The average molecular weight is 222 g/mol. The fraction of sp³-hybridized carbons (Fsp3) is 0.385. The summed E-state index contributed by atoms with van der Waals surface area (Å²) in [5.74, 6) is 0.375. The summed E-state index contributed by atoms with van der Waals surface area (Å²) >= 11 is 0. The summed E-state index contributed by atoms with van der Waals surface area (Å²) < 4.78 is 13.3. The minimum atomic E-state index is -0.265. The molecule has 0 aliphatic rings. The van der Waals surface area contributed by atoms with Crippen molar-refractivity contribution < 1.29 is 4.39 Å². The van der Waals surface area contributed by atoms with Crippen LogP contribution in [0.4, 0.5) is 10.1 Å².